The average Bonchev–Trinajstić information content (AvgIpc) is 2.19. The predicted molar refractivity (Wildman–Crippen MR) is 71.8 cm³/mol. The maximum Gasteiger partial charge on any atom is 0.130 e. The Morgan fingerprint density at radius 3 is 2.28 bits per heavy atom. The Hall–Kier alpha value is -0.670. The van der Waals surface area contributed by atoms with Crippen LogP contribution in [0.3, 0.4) is 0 Å². The quantitative estimate of drug-likeness (QED) is 0.798. The van der Waals surface area contributed by atoms with Crippen molar-refractivity contribution in [2.45, 2.75) is 39.1 Å². The second-order valence-electron chi connectivity index (χ2n) is 5.69. The molecule has 1 rings (SSSR count). The van der Waals surface area contributed by atoms with Crippen LogP contribution in [0.25, 0.3) is 0 Å². The second kappa shape index (κ2) is 6.48. The summed E-state index contributed by atoms with van der Waals surface area (Å²) >= 11 is 6.16. The Morgan fingerprint density at radius 1 is 1.22 bits per heavy atom. The molecule has 0 aromatic heterocycles. The lowest BCUT2D eigenvalue weighted by Crippen LogP contribution is -2.27. The van der Waals surface area contributed by atoms with Gasteiger partial charge in [-0.25, -0.2) is 8.78 Å². The van der Waals surface area contributed by atoms with Gasteiger partial charge in [-0.2, -0.15) is 0 Å². The first-order chi connectivity index (χ1) is 8.29. The van der Waals surface area contributed by atoms with Crippen LogP contribution in [0, 0.1) is 17.0 Å². The first kappa shape index (κ1) is 15.4. The van der Waals surface area contributed by atoms with E-state index in [1.165, 1.54) is 18.2 Å². The summed E-state index contributed by atoms with van der Waals surface area (Å²) in [6.45, 7) is 7.02. The van der Waals surface area contributed by atoms with E-state index in [1.54, 1.807) is 0 Å². The molecule has 0 radical (unpaired) electrons. The molecule has 1 nitrogen and oxygen atoms in total. The number of rotatable bonds is 5. The van der Waals surface area contributed by atoms with Gasteiger partial charge in [-0.05, 0) is 24.0 Å². The first-order valence-corrected chi connectivity index (χ1v) is 6.51. The topological polar surface area (TPSA) is 12.0 Å². The van der Waals surface area contributed by atoms with Crippen molar-refractivity contribution in [2.24, 2.45) is 5.41 Å². The summed E-state index contributed by atoms with van der Waals surface area (Å²) in [5, 5.41) is 2.95. The van der Waals surface area contributed by atoms with Crippen LogP contribution in [-0.4, -0.2) is 11.9 Å². The van der Waals surface area contributed by atoms with Gasteiger partial charge in [0.25, 0.3) is 0 Å². The molecule has 102 valence electrons. The zero-order chi connectivity index (χ0) is 13.8. The van der Waals surface area contributed by atoms with Gasteiger partial charge in [-0.3, -0.25) is 0 Å². The lowest BCUT2D eigenvalue weighted by Gasteiger charge is -2.22. The monoisotopic (exact) mass is 275 g/mol. The molecule has 0 aliphatic carbocycles. The van der Waals surface area contributed by atoms with E-state index in [0.29, 0.717) is 6.54 Å². The summed E-state index contributed by atoms with van der Waals surface area (Å²) in [4.78, 5) is 0. The van der Waals surface area contributed by atoms with Gasteiger partial charge in [0.15, 0.2) is 0 Å². The molecule has 0 fully saturated rings. The summed E-state index contributed by atoms with van der Waals surface area (Å²) < 4.78 is 26.7. The van der Waals surface area contributed by atoms with Gasteiger partial charge in [-0.1, -0.05) is 26.8 Å². The van der Waals surface area contributed by atoms with E-state index in [2.05, 4.69) is 26.1 Å². The van der Waals surface area contributed by atoms with Crippen molar-refractivity contribution in [3.8, 4) is 0 Å². The molecule has 0 bridgehead atoms. The number of hydrogen-bond donors (Lipinski definition) is 1. The Bertz CT molecular complexity index is 368. The molecule has 1 aromatic rings. The standard InChI is InChI=1S/C14H20ClF2N/c1-14(2,3)7-10(15)8-18-9-11-12(16)5-4-6-13(11)17/h4-6,10,18H,7-9H2,1-3H3. The predicted octanol–water partition coefficient (Wildman–Crippen LogP) is 4.10. The molecule has 0 amide bonds. The SMILES string of the molecule is CC(C)(C)CC(Cl)CNCc1c(F)cccc1F. The molecule has 1 aromatic carbocycles. The van der Waals surface area contributed by atoms with Crippen molar-refractivity contribution < 1.29 is 8.78 Å². The van der Waals surface area contributed by atoms with Crippen LogP contribution in [0.1, 0.15) is 32.8 Å². The van der Waals surface area contributed by atoms with Crippen LogP contribution >= 0.6 is 11.6 Å². The fraction of sp³-hybridized carbons (Fsp3) is 0.571. The number of hydrogen-bond acceptors (Lipinski definition) is 1. The molecular formula is C14H20ClF2N. The van der Waals surface area contributed by atoms with E-state index < -0.39 is 11.6 Å². The van der Waals surface area contributed by atoms with Gasteiger partial charge in [0.05, 0.1) is 0 Å². The lowest BCUT2D eigenvalue weighted by atomic mass is 9.90. The van der Waals surface area contributed by atoms with Crippen LogP contribution in [0.15, 0.2) is 18.2 Å². The number of halogens is 3. The Balaban J connectivity index is 2.42. The molecule has 0 spiro atoms. The van der Waals surface area contributed by atoms with Gasteiger partial charge in [-0.15, -0.1) is 11.6 Å². The minimum atomic E-state index is -0.524. The molecule has 1 atom stereocenters. The molecule has 1 unspecified atom stereocenters. The zero-order valence-electron chi connectivity index (χ0n) is 11.1. The van der Waals surface area contributed by atoms with E-state index in [1.807, 2.05) is 0 Å². The van der Waals surface area contributed by atoms with Gasteiger partial charge in [0.1, 0.15) is 11.6 Å². The van der Waals surface area contributed by atoms with Crippen LogP contribution in [0.4, 0.5) is 8.78 Å². The highest BCUT2D eigenvalue weighted by atomic mass is 35.5. The molecule has 0 aliphatic heterocycles. The van der Waals surface area contributed by atoms with Crippen molar-refractivity contribution in [2.75, 3.05) is 6.54 Å². The third kappa shape index (κ3) is 5.32. The Morgan fingerprint density at radius 2 is 1.78 bits per heavy atom. The van der Waals surface area contributed by atoms with Crippen molar-refractivity contribution in [1.29, 1.82) is 0 Å². The third-order valence-corrected chi connectivity index (χ3v) is 2.87. The summed E-state index contributed by atoms with van der Waals surface area (Å²) in [6.07, 6.45) is 0.849. The molecule has 0 saturated carbocycles. The van der Waals surface area contributed by atoms with E-state index in [4.69, 9.17) is 11.6 Å². The van der Waals surface area contributed by atoms with Crippen LogP contribution in [0.5, 0.6) is 0 Å². The number of benzene rings is 1. The lowest BCUT2D eigenvalue weighted by molar-refractivity contribution is 0.364. The Labute approximate surface area is 113 Å². The summed E-state index contributed by atoms with van der Waals surface area (Å²) in [7, 11) is 0. The zero-order valence-corrected chi connectivity index (χ0v) is 11.8. The highest BCUT2D eigenvalue weighted by molar-refractivity contribution is 6.20. The molecule has 0 saturated heterocycles. The molecule has 4 heteroatoms. The van der Waals surface area contributed by atoms with Crippen molar-refractivity contribution in [1.82, 2.24) is 5.32 Å². The second-order valence-corrected chi connectivity index (χ2v) is 6.31. The average molecular weight is 276 g/mol. The van der Waals surface area contributed by atoms with Gasteiger partial charge in [0, 0.05) is 24.0 Å². The van der Waals surface area contributed by atoms with E-state index >= 15 is 0 Å². The molecule has 0 heterocycles. The Kier molecular flexibility index (Phi) is 5.54. The molecular weight excluding hydrogens is 256 g/mol. The first-order valence-electron chi connectivity index (χ1n) is 6.07. The summed E-state index contributed by atoms with van der Waals surface area (Å²) in [5.41, 5.74) is 0.217. The third-order valence-electron chi connectivity index (χ3n) is 2.56. The van der Waals surface area contributed by atoms with Crippen molar-refractivity contribution in [3.05, 3.63) is 35.4 Å². The summed E-state index contributed by atoms with van der Waals surface area (Å²) in [5.74, 6) is -1.05. The van der Waals surface area contributed by atoms with E-state index in [0.717, 1.165) is 6.42 Å². The smallest absolute Gasteiger partial charge is 0.130 e. The molecule has 18 heavy (non-hydrogen) atoms. The normalized spacial score (nSPS) is 13.7. The highest BCUT2D eigenvalue weighted by Crippen LogP contribution is 2.23. The van der Waals surface area contributed by atoms with Crippen LogP contribution in [0.2, 0.25) is 0 Å². The fourth-order valence-corrected chi connectivity index (χ4v) is 2.36. The molecule has 0 aliphatic rings. The largest absolute Gasteiger partial charge is 0.311 e. The number of alkyl halides is 1. The minimum Gasteiger partial charge on any atom is -0.311 e. The van der Waals surface area contributed by atoms with E-state index in [-0.39, 0.29) is 22.9 Å². The number of nitrogens with one attached hydrogen (secondary N) is 1. The maximum absolute atomic E-state index is 13.3. The van der Waals surface area contributed by atoms with Gasteiger partial charge in [0.2, 0.25) is 0 Å². The van der Waals surface area contributed by atoms with Gasteiger partial charge < -0.3 is 5.32 Å². The maximum atomic E-state index is 13.3. The molecule has 1 N–H and O–H groups in total. The minimum absolute atomic E-state index is 0.0418. The van der Waals surface area contributed by atoms with Crippen LogP contribution < -0.4 is 5.32 Å². The van der Waals surface area contributed by atoms with E-state index in [9.17, 15) is 8.78 Å². The summed E-state index contributed by atoms with van der Waals surface area (Å²) in [6, 6.07) is 3.87. The fourth-order valence-electron chi connectivity index (χ4n) is 1.79. The highest BCUT2D eigenvalue weighted by Gasteiger charge is 2.16. The van der Waals surface area contributed by atoms with Gasteiger partial charge >= 0.3 is 0 Å². The van der Waals surface area contributed by atoms with Crippen molar-refractivity contribution >= 4 is 11.6 Å². The van der Waals surface area contributed by atoms with Crippen molar-refractivity contribution in [3.63, 3.8) is 0 Å². The van der Waals surface area contributed by atoms with Crippen LogP contribution in [-0.2, 0) is 6.54 Å².